The van der Waals surface area contributed by atoms with Gasteiger partial charge in [0.25, 0.3) is 5.91 Å². The number of benzene rings is 1. The molecule has 1 aliphatic carbocycles. The van der Waals surface area contributed by atoms with E-state index in [9.17, 15) is 18.8 Å². The minimum atomic E-state index is -0.870. The number of nitrogens with one attached hydrogen (secondary N) is 2. The van der Waals surface area contributed by atoms with Gasteiger partial charge in [0.05, 0.1) is 0 Å². The molecule has 1 aromatic rings. The summed E-state index contributed by atoms with van der Waals surface area (Å²) in [6, 6.07) is 5.52. The Kier molecular flexibility index (Phi) is 4.26. The number of hydrogen-bond donors (Lipinski definition) is 2. The molecule has 2 aliphatic rings. The molecule has 3 rings (SSSR count). The lowest BCUT2D eigenvalue weighted by atomic mass is 9.96. The fraction of sp³-hybridized carbons (Fsp3) is 0.471. The van der Waals surface area contributed by atoms with Gasteiger partial charge in [0, 0.05) is 6.54 Å². The zero-order valence-electron chi connectivity index (χ0n) is 13.5. The third kappa shape index (κ3) is 3.25. The van der Waals surface area contributed by atoms with E-state index in [1.165, 1.54) is 12.1 Å². The highest BCUT2D eigenvalue weighted by Crippen LogP contribution is 2.42. The molecule has 0 unspecified atom stereocenters. The van der Waals surface area contributed by atoms with E-state index >= 15 is 0 Å². The van der Waals surface area contributed by atoms with Crippen molar-refractivity contribution in [1.82, 2.24) is 15.5 Å². The Balaban J connectivity index is 1.49. The summed E-state index contributed by atoms with van der Waals surface area (Å²) in [4.78, 5) is 37.3. The normalized spacial score (nSPS) is 23.3. The van der Waals surface area contributed by atoms with Crippen LogP contribution < -0.4 is 10.6 Å². The van der Waals surface area contributed by atoms with Crippen LogP contribution in [0.3, 0.4) is 0 Å². The molecule has 1 aromatic carbocycles. The summed E-state index contributed by atoms with van der Waals surface area (Å²) in [6.45, 7) is 1.79. The smallest absolute Gasteiger partial charge is 0.325 e. The molecular formula is C17H20FN3O3. The highest BCUT2D eigenvalue weighted by atomic mass is 19.1. The Morgan fingerprint density at radius 3 is 2.62 bits per heavy atom. The lowest BCUT2D eigenvalue weighted by molar-refractivity contribution is -0.135. The van der Waals surface area contributed by atoms with Crippen molar-refractivity contribution in [3.8, 4) is 0 Å². The highest BCUT2D eigenvalue weighted by Gasteiger charge is 2.56. The van der Waals surface area contributed by atoms with Crippen LogP contribution in [0.1, 0.15) is 25.3 Å². The molecule has 0 bridgehead atoms. The average molecular weight is 333 g/mol. The van der Waals surface area contributed by atoms with Gasteiger partial charge in [-0.05, 0) is 49.8 Å². The third-order valence-corrected chi connectivity index (χ3v) is 4.65. The van der Waals surface area contributed by atoms with Crippen molar-refractivity contribution in [2.45, 2.75) is 31.7 Å². The summed E-state index contributed by atoms with van der Waals surface area (Å²) >= 11 is 0. The van der Waals surface area contributed by atoms with Gasteiger partial charge in [0.2, 0.25) is 5.91 Å². The quantitative estimate of drug-likeness (QED) is 0.768. The summed E-state index contributed by atoms with van der Waals surface area (Å²) in [7, 11) is 0. The van der Waals surface area contributed by atoms with Crippen LogP contribution in [0.25, 0.3) is 0 Å². The second-order valence-corrected chi connectivity index (χ2v) is 6.52. The number of amides is 4. The maximum absolute atomic E-state index is 12.8. The summed E-state index contributed by atoms with van der Waals surface area (Å²) in [5, 5.41) is 5.39. The van der Waals surface area contributed by atoms with E-state index in [2.05, 4.69) is 10.6 Å². The Labute approximate surface area is 139 Å². The van der Waals surface area contributed by atoms with E-state index in [1.807, 2.05) is 0 Å². The molecule has 1 aliphatic heterocycles. The van der Waals surface area contributed by atoms with Crippen LogP contribution in [-0.2, 0) is 16.0 Å². The molecule has 6 nitrogen and oxygen atoms in total. The van der Waals surface area contributed by atoms with Crippen LogP contribution in [-0.4, -0.2) is 41.4 Å². The van der Waals surface area contributed by atoms with Gasteiger partial charge in [0.15, 0.2) is 0 Å². The van der Waals surface area contributed by atoms with Crippen molar-refractivity contribution < 1.29 is 18.8 Å². The van der Waals surface area contributed by atoms with Crippen LogP contribution in [0.4, 0.5) is 9.18 Å². The number of imide groups is 1. The van der Waals surface area contributed by atoms with Gasteiger partial charge >= 0.3 is 6.03 Å². The molecule has 1 heterocycles. The first-order chi connectivity index (χ1) is 11.4. The second-order valence-electron chi connectivity index (χ2n) is 6.52. The predicted molar refractivity (Wildman–Crippen MR) is 84.5 cm³/mol. The molecule has 24 heavy (non-hydrogen) atoms. The largest absolute Gasteiger partial charge is 0.354 e. The Morgan fingerprint density at radius 2 is 2.00 bits per heavy atom. The Morgan fingerprint density at radius 1 is 1.33 bits per heavy atom. The maximum Gasteiger partial charge on any atom is 0.325 e. The highest BCUT2D eigenvalue weighted by molar-refractivity contribution is 6.09. The first-order valence-corrected chi connectivity index (χ1v) is 8.05. The Bertz CT molecular complexity index is 672. The van der Waals surface area contributed by atoms with E-state index in [0.717, 1.165) is 23.3 Å². The molecule has 0 radical (unpaired) electrons. The second kappa shape index (κ2) is 6.22. The predicted octanol–water partition coefficient (Wildman–Crippen LogP) is 1.20. The molecule has 1 saturated heterocycles. The molecule has 128 valence electrons. The standard InChI is InChI=1S/C17H20FN3O3/c1-17(12-4-5-12)15(23)21(16(24)20-17)10-14(22)19-9-8-11-2-6-13(18)7-3-11/h2-3,6-7,12H,4-5,8-10H2,1H3,(H,19,22)(H,20,24)/t17-/m1/s1. The third-order valence-electron chi connectivity index (χ3n) is 4.65. The van der Waals surface area contributed by atoms with E-state index in [0.29, 0.717) is 13.0 Å². The monoisotopic (exact) mass is 333 g/mol. The lowest BCUT2D eigenvalue weighted by Gasteiger charge is -2.20. The minimum Gasteiger partial charge on any atom is -0.354 e. The van der Waals surface area contributed by atoms with E-state index < -0.39 is 11.6 Å². The number of carbonyl (C=O) groups excluding carboxylic acids is 3. The van der Waals surface area contributed by atoms with Crippen molar-refractivity contribution in [1.29, 1.82) is 0 Å². The van der Waals surface area contributed by atoms with Crippen molar-refractivity contribution in [3.05, 3.63) is 35.6 Å². The van der Waals surface area contributed by atoms with E-state index in [1.54, 1.807) is 19.1 Å². The molecule has 7 heteroatoms. The number of hydrogen-bond acceptors (Lipinski definition) is 3. The fourth-order valence-electron chi connectivity index (χ4n) is 2.99. The van der Waals surface area contributed by atoms with Crippen molar-refractivity contribution in [2.75, 3.05) is 13.1 Å². The van der Waals surface area contributed by atoms with Crippen molar-refractivity contribution in [3.63, 3.8) is 0 Å². The number of halogens is 1. The number of nitrogens with zero attached hydrogens (tertiary/aromatic N) is 1. The van der Waals surface area contributed by atoms with Crippen LogP contribution in [0.5, 0.6) is 0 Å². The maximum atomic E-state index is 12.8. The van der Waals surface area contributed by atoms with Gasteiger partial charge in [-0.1, -0.05) is 12.1 Å². The zero-order chi connectivity index (χ0) is 17.3. The molecule has 0 spiro atoms. The van der Waals surface area contributed by atoms with E-state index in [4.69, 9.17) is 0 Å². The SMILES string of the molecule is C[C@]1(C2CC2)NC(=O)N(CC(=O)NCCc2ccc(F)cc2)C1=O. The summed E-state index contributed by atoms with van der Waals surface area (Å²) in [6.07, 6.45) is 2.38. The molecule has 2 fully saturated rings. The summed E-state index contributed by atoms with van der Waals surface area (Å²) in [5.74, 6) is -0.857. The van der Waals surface area contributed by atoms with E-state index in [-0.39, 0.29) is 30.1 Å². The van der Waals surface area contributed by atoms with Gasteiger partial charge in [-0.3, -0.25) is 14.5 Å². The van der Waals surface area contributed by atoms with Gasteiger partial charge in [0.1, 0.15) is 17.9 Å². The van der Waals surface area contributed by atoms with Gasteiger partial charge in [-0.15, -0.1) is 0 Å². The molecule has 4 amide bonds. The van der Waals surface area contributed by atoms with Crippen LogP contribution >= 0.6 is 0 Å². The lowest BCUT2D eigenvalue weighted by Crippen LogP contribution is -2.47. The molecule has 1 atom stereocenters. The topological polar surface area (TPSA) is 78.5 Å². The molecule has 1 saturated carbocycles. The summed E-state index contributed by atoms with van der Waals surface area (Å²) < 4.78 is 12.8. The zero-order valence-corrected chi connectivity index (χ0v) is 13.5. The molecule has 0 aromatic heterocycles. The Hall–Kier alpha value is -2.44. The summed E-state index contributed by atoms with van der Waals surface area (Å²) in [5.41, 5.74) is 0.0267. The number of carbonyl (C=O) groups is 3. The first-order valence-electron chi connectivity index (χ1n) is 8.05. The molecular weight excluding hydrogens is 313 g/mol. The fourth-order valence-corrected chi connectivity index (χ4v) is 2.99. The molecule has 2 N–H and O–H groups in total. The van der Waals surface area contributed by atoms with Crippen LogP contribution in [0.2, 0.25) is 0 Å². The average Bonchev–Trinajstić information content (AvgIpc) is 3.36. The van der Waals surface area contributed by atoms with Crippen LogP contribution in [0.15, 0.2) is 24.3 Å². The minimum absolute atomic E-state index is 0.167. The van der Waals surface area contributed by atoms with Crippen molar-refractivity contribution in [2.24, 2.45) is 5.92 Å². The van der Waals surface area contributed by atoms with Crippen molar-refractivity contribution >= 4 is 17.8 Å². The van der Waals surface area contributed by atoms with Gasteiger partial charge in [-0.25, -0.2) is 9.18 Å². The number of urea groups is 1. The first kappa shape index (κ1) is 16.4. The van der Waals surface area contributed by atoms with Gasteiger partial charge < -0.3 is 10.6 Å². The number of rotatable bonds is 6. The van der Waals surface area contributed by atoms with Crippen LogP contribution in [0, 0.1) is 11.7 Å². The van der Waals surface area contributed by atoms with Gasteiger partial charge in [-0.2, -0.15) is 0 Å².